The standard InChI is InChI=1S/C42H58O/c1-5-6-11-34-16-22-37(23-17-34)31(2)28-35-18-24-38(25-19-35)32(3)29-36-20-26-39(27-21-36)33(4)43-42-15-10-14-41(30-42)40-12-8-7-9-13-40/h7-10,12-15,30,34-39H,2-6,11,16-29H2,1H3. The van der Waals surface area contributed by atoms with Gasteiger partial charge in [0.25, 0.3) is 0 Å². The molecule has 3 aliphatic carbocycles. The van der Waals surface area contributed by atoms with Gasteiger partial charge in [0.2, 0.25) is 0 Å². The summed E-state index contributed by atoms with van der Waals surface area (Å²) in [6.45, 7) is 15.9. The van der Waals surface area contributed by atoms with Crippen LogP contribution < -0.4 is 4.74 Å². The van der Waals surface area contributed by atoms with Gasteiger partial charge >= 0.3 is 0 Å². The van der Waals surface area contributed by atoms with Crippen LogP contribution in [-0.2, 0) is 0 Å². The zero-order chi connectivity index (χ0) is 30.0. The Hall–Kier alpha value is -2.54. The van der Waals surface area contributed by atoms with Gasteiger partial charge in [-0.25, -0.2) is 0 Å². The highest BCUT2D eigenvalue weighted by molar-refractivity contribution is 5.64. The highest BCUT2D eigenvalue weighted by Crippen LogP contribution is 2.43. The normalized spacial score (nSPS) is 27.7. The molecule has 0 N–H and O–H groups in total. The summed E-state index contributed by atoms with van der Waals surface area (Å²) in [4.78, 5) is 0. The van der Waals surface area contributed by atoms with Crippen LogP contribution >= 0.6 is 0 Å². The van der Waals surface area contributed by atoms with E-state index in [2.05, 4.69) is 81.3 Å². The number of unbranched alkanes of at least 4 members (excludes halogenated alkanes) is 1. The molecule has 1 heteroatoms. The van der Waals surface area contributed by atoms with E-state index in [1.54, 1.807) is 11.1 Å². The summed E-state index contributed by atoms with van der Waals surface area (Å²) in [6.07, 6.45) is 22.8. The molecule has 0 radical (unpaired) electrons. The van der Waals surface area contributed by atoms with Gasteiger partial charge in [0, 0.05) is 5.92 Å². The summed E-state index contributed by atoms with van der Waals surface area (Å²) in [7, 11) is 0. The van der Waals surface area contributed by atoms with Gasteiger partial charge in [-0.1, -0.05) is 99.5 Å². The van der Waals surface area contributed by atoms with E-state index in [0.717, 1.165) is 41.1 Å². The third-order valence-corrected chi connectivity index (χ3v) is 11.4. The van der Waals surface area contributed by atoms with Gasteiger partial charge in [-0.05, 0) is 143 Å². The summed E-state index contributed by atoms with van der Waals surface area (Å²) in [5, 5.41) is 0. The Labute approximate surface area is 263 Å². The zero-order valence-corrected chi connectivity index (χ0v) is 27.2. The lowest BCUT2D eigenvalue weighted by atomic mass is 9.71. The first-order chi connectivity index (χ1) is 21.0. The van der Waals surface area contributed by atoms with Crippen LogP contribution in [-0.4, -0.2) is 0 Å². The third kappa shape index (κ3) is 9.23. The van der Waals surface area contributed by atoms with Crippen molar-refractivity contribution in [2.75, 3.05) is 0 Å². The minimum Gasteiger partial charge on any atom is -0.462 e. The molecule has 2 aromatic rings. The molecule has 3 aliphatic rings. The number of allylic oxidation sites excluding steroid dienone is 3. The van der Waals surface area contributed by atoms with Crippen LogP contribution in [0, 0.1) is 35.5 Å². The van der Waals surface area contributed by atoms with Gasteiger partial charge in [0.15, 0.2) is 0 Å². The summed E-state index contributed by atoms with van der Waals surface area (Å²) in [5.41, 5.74) is 5.53. The highest BCUT2D eigenvalue weighted by atomic mass is 16.5. The second-order valence-corrected chi connectivity index (χ2v) is 14.5. The minimum absolute atomic E-state index is 0.458. The van der Waals surface area contributed by atoms with Gasteiger partial charge in [-0.2, -0.15) is 0 Å². The molecule has 0 unspecified atom stereocenters. The Morgan fingerprint density at radius 2 is 1.12 bits per heavy atom. The van der Waals surface area contributed by atoms with Crippen molar-refractivity contribution in [2.24, 2.45) is 35.5 Å². The quantitative estimate of drug-likeness (QED) is 0.170. The van der Waals surface area contributed by atoms with E-state index in [4.69, 9.17) is 4.74 Å². The monoisotopic (exact) mass is 578 g/mol. The lowest BCUT2D eigenvalue weighted by Gasteiger charge is -2.35. The number of hydrogen-bond donors (Lipinski definition) is 0. The van der Waals surface area contributed by atoms with Crippen molar-refractivity contribution >= 4 is 0 Å². The largest absolute Gasteiger partial charge is 0.462 e. The summed E-state index contributed by atoms with van der Waals surface area (Å²) >= 11 is 0. The van der Waals surface area contributed by atoms with E-state index in [-0.39, 0.29) is 0 Å². The number of hydrogen-bond acceptors (Lipinski definition) is 1. The van der Waals surface area contributed by atoms with Crippen molar-refractivity contribution in [3.8, 4) is 16.9 Å². The Bertz CT molecular complexity index is 1170. The number of ether oxygens (including phenoxy) is 1. The lowest BCUT2D eigenvalue weighted by molar-refractivity contribution is 0.233. The van der Waals surface area contributed by atoms with Gasteiger partial charge in [0.05, 0.1) is 5.76 Å². The van der Waals surface area contributed by atoms with E-state index in [1.807, 2.05) is 0 Å². The number of rotatable bonds is 13. The molecule has 1 nitrogen and oxygen atoms in total. The average molecular weight is 579 g/mol. The fourth-order valence-electron chi connectivity index (χ4n) is 8.49. The average Bonchev–Trinajstić information content (AvgIpc) is 3.05. The van der Waals surface area contributed by atoms with Crippen LogP contribution in [0.25, 0.3) is 11.1 Å². The van der Waals surface area contributed by atoms with Crippen LogP contribution in [0.2, 0.25) is 0 Å². The van der Waals surface area contributed by atoms with Crippen LogP contribution in [0.4, 0.5) is 0 Å². The lowest BCUT2D eigenvalue weighted by Crippen LogP contribution is -2.22. The maximum atomic E-state index is 6.30. The fraction of sp³-hybridized carbons (Fsp3) is 0.571. The molecule has 0 aromatic heterocycles. The minimum atomic E-state index is 0.458. The van der Waals surface area contributed by atoms with Crippen molar-refractivity contribution in [3.63, 3.8) is 0 Å². The van der Waals surface area contributed by atoms with Crippen molar-refractivity contribution in [3.05, 3.63) is 91.2 Å². The second kappa shape index (κ2) is 16.0. The smallest absolute Gasteiger partial charge is 0.127 e. The van der Waals surface area contributed by atoms with E-state index < -0.39 is 0 Å². The molecule has 0 saturated heterocycles. The van der Waals surface area contributed by atoms with E-state index in [1.165, 1.54) is 120 Å². The van der Waals surface area contributed by atoms with Crippen LogP contribution in [0.5, 0.6) is 5.75 Å². The molecule has 0 bridgehead atoms. The maximum Gasteiger partial charge on any atom is 0.127 e. The first-order valence-corrected chi connectivity index (χ1v) is 17.9. The second-order valence-electron chi connectivity index (χ2n) is 14.5. The number of benzene rings is 2. The molecule has 43 heavy (non-hydrogen) atoms. The summed E-state index contributed by atoms with van der Waals surface area (Å²) < 4.78 is 6.30. The van der Waals surface area contributed by atoms with E-state index in [0.29, 0.717) is 5.92 Å². The molecule has 0 heterocycles. The maximum absolute atomic E-state index is 6.30. The molecule has 2 aromatic carbocycles. The predicted molar refractivity (Wildman–Crippen MR) is 185 cm³/mol. The molecule has 0 aliphatic heterocycles. The Morgan fingerprint density at radius 3 is 1.67 bits per heavy atom. The van der Waals surface area contributed by atoms with Gasteiger partial charge in [-0.3, -0.25) is 0 Å². The predicted octanol–water partition coefficient (Wildman–Crippen LogP) is 12.7. The molecule has 3 fully saturated rings. The Kier molecular flexibility index (Phi) is 11.8. The van der Waals surface area contributed by atoms with Gasteiger partial charge in [0.1, 0.15) is 5.75 Å². The zero-order valence-electron chi connectivity index (χ0n) is 27.2. The van der Waals surface area contributed by atoms with Crippen LogP contribution in [0.15, 0.2) is 91.2 Å². The first-order valence-electron chi connectivity index (χ1n) is 17.9. The fourth-order valence-corrected chi connectivity index (χ4v) is 8.49. The molecule has 5 rings (SSSR count). The van der Waals surface area contributed by atoms with E-state index >= 15 is 0 Å². The van der Waals surface area contributed by atoms with Crippen molar-refractivity contribution in [1.82, 2.24) is 0 Å². The molecule has 0 atom stereocenters. The third-order valence-electron chi connectivity index (χ3n) is 11.4. The first kappa shape index (κ1) is 31.9. The van der Waals surface area contributed by atoms with Crippen molar-refractivity contribution < 1.29 is 4.74 Å². The molecule has 232 valence electrons. The topological polar surface area (TPSA) is 9.23 Å². The summed E-state index contributed by atoms with van der Waals surface area (Å²) in [6, 6.07) is 18.9. The highest BCUT2D eigenvalue weighted by Gasteiger charge is 2.29. The van der Waals surface area contributed by atoms with Gasteiger partial charge < -0.3 is 4.74 Å². The van der Waals surface area contributed by atoms with Gasteiger partial charge in [-0.15, -0.1) is 0 Å². The van der Waals surface area contributed by atoms with Crippen molar-refractivity contribution in [2.45, 2.75) is 116 Å². The molecular formula is C42H58O. The Balaban J connectivity index is 0.984. The Morgan fingerprint density at radius 1 is 0.605 bits per heavy atom. The molecule has 0 spiro atoms. The SMILES string of the molecule is C=C(CC1CCC(C(=C)CC2CCC(C(=C)Oc3cccc(-c4ccccc4)c3)CC2)CC1)C1CCC(CCCC)CC1. The van der Waals surface area contributed by atoms with Crippen LogP contribution in [0.1, 0.15) is 116 Å². The molecule has 3 saturated carbocycles. The molecular weight excluding hydrogens is 520 g/mol. The van der Waals surface area contributed by atoms with E-state index in [9.17, 15) is 0 Å². The summed E-state index contributed by atoms with van der Waals surface area (Å²) in [5.74, 6) is 6.48. The van der Waals surface area contributed by atoms with Crippen molar-refractivity contribution in [1.29, 1.82) is 0 Å². The van der Waals surface area contributed by atoms with Crippen LogP contribution in [0.3, 0.4) is 0 Å². The molecule has 0 amide bonds.